The summed E-state index contributed by atoms with van der Waals surface area (Å²) in [6.07, 6.45) is 1.72. The third kappa shape index (κ3) is 3.57. The number of hydrogen-bond donors (Lipinski definition) is 0. The monoisotopic (exact) mass is 404 g/mol. The van der Waals surface area contributed by atoms with Gasteiger partial charge in [-0.25, -0.2) is 9.18 Å². The van der Waals surface area contributed by atoms with Crippen LogP contribution in [0.3, 0.4) is 0 Å². The molecule has 0 fully saturated rings. The molecule has 0 saturated heterocycles. The van der Waals surface area contributed by atoms with E-state index in [0.717, 1.165) is 5.56 Å². The zero-order valence-corrected chi connectivity index (χ0v) is 16.0. The molecular formula is C23H17FN2O4. The van der Waals surface area contributed by atoms with Gasteiger partial charge in [0.05, 0.1) is 16.8 Å². The Labute approximate surface area is 171 Å². The minimum atomic E-state index is -0.888. The van der Waals surface area contributed by atoms with E-state index in [4.69, 9.17) is 4.84 Å². The maximum absolute atomic E-state index is 13.3. The smallest absolute Gasteiger partial charge is 0.329 e. The van der Waals surface area contributed by atoms with Crippen LogP contribution < -0.4 is 0 Å². The summed E-state index contributed by atoms with van der Waals surface area (Å²) >= 11 is 0. The normalized spacial score (nSPS) is 13.9. The number of rotatable bonds is 5. The summed E-state index contributed by atoms with van der Waals surface area (Å²) in [5.41, 5.74) is 2.26. The molecule has 0 saturated carbocycles. The number of hydrogen-bond acceptors (Lipinski definition) is 5. The van der Waals surface area contributed by atoms with Crippen LogP contribution in [0.15, 0.2) is 66.9 Å². The zero-order chi connectivity index (χ0) is 21.3. The van der Waals surface area contributed by atoms with Crippen molar-refractivity contribution in [1.29, 1.82) is 0 Å². The topological polar surface area (TPSA) is 76.6 Å². The van der Waals surface area contributed by atoms with Crippen LogP contribution in [0.4, 0.5) is 4.39 Å². The predicted octanol–water partition coefficient (Wildman–Crippen LogP) is 3.61. The standard InChI is InChI=1S/C23H17FN2O4/c1-14-5-4-12-25-20(14)19(13-15-8-10-16(24)11-9-15)23(29)30-26-21(27)17-6-2-3-7-18(17)22(26)28/h2-12,19H,13H2,1H3. The molecule has 0 spiro atoms. The first-order valence-corrected chi connectivity index (χ1v) is 9.31. The van der Waals surface area contributed by atoms with Gasteiger partial charge in [-0.15, -0.1) is 0 Å². The minimum absolute atomic E-state index is 0.167. The van der Waals surface area contributed by atoms with E-state index in [2.05, 4.69) is 4.98 Å². The maximum Gasteiger partial charge on any atom is 0.342 e. The lowest BCUT2D eigenvalue weighted by Gasteiger charge is -2.20. The highest BCUT2D eigenvalue weighted by molar-refractivity contribution is 6.20. The van der Waals surface area contributed by atoms with Crippen molar-refractivity contribution in [3.05, 3.63) is 101 Å². The van der Waals surface area contributed by atoms with Crippen LogP contribution in [0.2, 0.25) is 0 Å². The summed E-state index contributed by atoms with van der Waals surface area (Å²) in [5, 5.41) is 0.489. The van der Waals surface area contributed by atoms with E-state index in [0.29, 0.717) is 16.3 Å². The number of nitrogens with zero attached hydrogens (tertiary/aromatic N) is 2. The second-order valence-electron chi connectivity index (χ2n) is 6.95. The molecule has 1 atom stereocenters. The van der Waals surface area contributed by atoms with Crippen LogP contribution in [-0.2, 0) is 16.1 Å². The molecule has 2 heterocycles. The molecule has 150 valence electrons. The Kier molecular flexibility index (Phi) is 5.10. The number of benzene rings is 2. The Hall–Kier alpha value is -3.87. The number of imide groups is 1. The second-order valence-corrected chi connectivity index (χ2v) is 6.95. The summed E-state index contributed by atoms with van der Waals surface area (Å²) in [4.78, 5) is 47.7. The Bertz CT molecular complexity index is 1110. The summed E-state index contributed by atoms with van der Waals surface area (Å²) < 4.78 is 13.3. The van der Waals surface area contributed by atoms with E-state index in [1.54, 1.807) is 49.5 Å². The van der Waals surface area contributed by atoms with Crippen molar-refractivity contribution in [3.8, 4) is 0 Å². The molecule has 30 heavy (non-hydrogen) atoms. The lowest BCUT2D eigenvalue weighted by Crippen LogP contribution is -2.35. The fraction of sp³-hybridized carbons (Fsp3) is 0.130. The third-order valence-electron chi connectivity index (χ3n) is 4.96. The van der Waals surface area contributed by atoms with Crippen molar-refractivity contribution in [1.82, 2.24) is 10.0 Å². The van der Waals surface area contributed by atoms with Crippen molar-refractivity contribution in [2.24, 2.45) is 0 Å². The van der Waals surface area contributed by atoms with Gasteiger partial charge in [-0.3, -0.25) is 14.6 Å². The molecule has 2 amide bonds. The van der Waals surface area contributed by atoms with Crippen LogP contribution in [0.1, 0.15) is 43.5 Å². The van der Waals surface area contributed by atoms with E-state index in [9.17, 15) is 18.8 Å². The number of hydroxylamine groups is 2. The molecule has 0 bridgehead atoms. The van der Waals surface area contributed by atoms with Crippen LogP contribution in [0.5, 0.6) is 0 Å². The number of fused-ring (bicyclic) bond motifs is 1. The van der Waals surface area contributed by atoms with E-state index in [1.807, 2.05) is 0 Å². The van der Waals surface area contributed by atoms with Gasteiger partial charge in [0.2, 0.25) is 0 Å². The van der Waals surface area contributed by atoms with E-state index in [1.165, 1.54) is 24.3 Å². The van der Waals surface area contributed by atoms with Crippen molar-refractivity contribution in [2.75, 3.05) is 0 Å². The fourth-order valence-electron chi connectivity index (χ4n) is 3.41. The Balaban J connectivity index is 1.63. The highest BCUT2D eigenvalue weighted by Gasteiger charge is 2.40. The summed E-state index contributed by atoms with van der Waals surface area (Å²) in [6.45, 7) is 1.80. The predicted molar refractivity (Wildman–Crippen MR) is 105 cm³/mol. The van der Waals surface area contributed by atoms with Crippen molar-refractivity contribution in [2.45, 2.75) is 19.3 Å². The lowest BCUT2D eigenvalue weighted by molar-refractivity contribution is -0.170. The third-order valence-corrected chi connectivity index (χ3v) is 4.96. The molecule has 1 aliphatic rings. The summed E-state index contributed by atoms with van der Waals surface area (Å²) in [5.74, 6) is -3.46. The fourth-order valence-corrected chi connectivity index (χ4v) is 3.41. The Morgan fingerprint density at radius 3 is 2.23 bits per heavy atom. The first-order chi connectivity index (χ1) is 14.5. The van der Waals surface area contributed by atoms with Gasteiger partial charge >= 0.3 is 5.97 Å². The average Bonchev–Trinajstić information content (AvgIpc) is 2.99. The van der Waals surface area contributed by atoms with Crippen LogP contribution in [0.25, 0.3) is 0 Å². The largest absolute Gasteiger partial charge is 0.342 e. The molecule has 2 aromatic carbocycles. The molecule has 0 aliphatic carbocycles. The molecule has 1 aliphatic heterocycles. The van der Waals surface area contributed by atoms with Gasteiger partial charge in [-0.1, -0.05) is 35.4 Å². The number of pyridine rings is 1. The highest BCUT2D eigenvalue weighted by Crippen LogP contribution is 2.27. The van der Waals surface area contributed by atoms with Crippen molar-refractivity contribution in [3.63, 3.8) is 0 Å². The molecule has 3 aromatic rings. The number of aryl methyl sites for hydroxylation is 1. The number of carbonyl (C=O) groups is 3. The lowest BCUT2D eigenvalue weighted by atomic mass is 9.93. The van der Waals surface area contributed by atoms with Gasteiger partial charge in [0, 0.05) is 6.20 Å². The summed E-state index contributed by atoms with van der Waals surface area (Å²) in [7, 11) is 0. The number of carbonyl (C=O) groups excluding carboxylic acids is 3. The Morgan fingerprint density at radius 2 is 1.63 bits per heavy atom. The van der Waals surface area contributed by atoms with Gasteiger partial charge in [-0.05, 0) is 54.8 Å². The van der Waals surface area contributed by atoms with E-state index in [-0.39, 0.29) is 17.5 Å². The van der Waals surface area contributed by atoms with Gasteiger partial charge in [0.15, 0.2) is 0 Å². The van der Waals surface area contributed by atoms with Gasteiger partial charge in [-0.2, -0.15) is 0 Å². The van der Waals surface area contributed by atoms with Crippen LogP contribution in [-0.4, -0.2) is 27.8 Å². The number of aromatic nitrogens is 1. The molecule has 6 nitrogen and oxygen atoms in total. The average molecular weight is 404 g/mol. The van der Waals surface area contributed by atoms with Crippen molar-refractivity contribution >= 4 is 17.8 Å². The molecule has 1 aromatic heterocycles. The minimum Gasteiger partial charge on any atom is -0.329 e. The SMILES string of the molecule is Cc1cccnc1C(Cc1ccc(F)cc1)C(=O)ON1C(=O)c2ccccc2C1=O. The highest BCUT2D eigenvalue weighted by atomic mass is 19.1. The van der Waals surface area contributed by atoms with E-state index >= 15 is 0 Å². The second kappa shape index (κ2) is 7.87. The Morgan fingerprint density at radius 1 is 1.00 bits per heavy atom. The number of amides is 2. The van der Waals surface area contributed by atoms with Gasteiger partial charge < -0.3 is 4.84 Å². The first-order valence-electron chi connectivity index (χ1n) is 9.31. The van der Waals surface area contributed by atoms with Crippen molar-refractivity contribution < 1.29 is 23.6 Å². The summed E-state index contributed by atoms with van der Waals surface area (Å²) in [6, 6.07) is 15.5. The quantitative estimate of drug-likeness (QED) is 0.607. The molecule has 4 rings (SSSR count). The van der Waals surface area contributed by atoms with Crippen LogP contribution in [0, 0.1) is 12.7 Å². The molecule has 0 radical (unpaired) electrons. The van der Waals surface area contributed by atoms with Crippen LogP contribution >= 0.6 is 0 Å². The molecule has 1 unspecified atom stereocenters. The maximum atomic E-state index is 13.3. The molecular weight excluding hydrogens is 387 g/mol. The first kappa shape index (κ1) is 19.4. The number of halogens is 1. The van der Waals surface area contributed by atoms with E-state index < -0.39 is 29.5 Å². The van der Waals surface area contributed by atoms with Gasteiger partial charge in [0.25, 0.3) is 11.8 Å². The molecule has 0 N–H and O–H groups in total. The van der Waals surface area contributed by atoms with Gasteiger partial charge in [0.1, 0.15) is 11.7 Å². The zero-order valence-electron chi connectivity index (χ0n) is 16.0. The molecule has 7 heteroatoms.